The van der Waals surface area contributed by atoms with E-state index in [9.17, 15) is 4.79 Å². The predicted octanol–water partition coefficient (Wildman–Crippen LogP) is 2.64. The second-order valence-electron chi connectivity index (χ2n) is 3.15. The maximum Gasteiger partial charge on any atom is 0.343 e. The van der Waals surface area contributed by atoms with Gasteiger partial charge in [0.2, 0.25) is 0 Å². The molecule has 90 valence electrons. The predicted molar refractivity (Wildman–Crippen MR) is 66.3 cm³/mol. The van der Waals surface area contributed by atoms with Crippen LogP contribution >= 0.6 is 15.9 Å². The van der Waals surface area contributed by atoms with Gasteiger partial charge in [0.15, 0.2) is 0 Å². The SMILES string of the molecule is CCOC(=O)c1c(C#N)ccc(CBr)c1OC. The van der Waals surface area contributed by atoms with E-state index in [0.29, 0.717) is 11.1 Å². The van der Waals surface area contributed by atoms with Crippen molar-refractivity contribution in [2.24, 2.45) is 0 Å². The standard InChI is InChI=1S/C12H12BrNO3/c1-3-17-12(15)10-9(7-14)5-4-8(6-13)11(10)16-2/h4-5H,3,6H2,1-2H3. The number of esters is 1. The number of hydrogen-bond acceptors (Lipinski definition) is 4. The van der Waals surface area contributed by atoms with Gasteiger partial charge in [0, 0.05) is 10.9 Å². The van der Waals surface area contributed by atoms with Gasteiger partial charge in [-0.15, -0.1) is 0 Å². The quantitative estimate of drug-likeness (QED) is 0.633. The highest BCUT2D eigenvalue weighted by Crippen LogP contribution is 2.29. The third-order valence-corrected chi connectivity index (χ3v) is 2.79. The molecule has 0 radical (unpaired) electrons. The Hall–Kier alpha value is -1.54. The monoisotopic (exact) mass is 297 g/mol. The molecule has 4 nitrogen and oxygen atoms in total. The molecule has 0 N–H and O–H groups in total. The number of benzene rings is 1. The van der Waals surface area contributed by atoms with Crippen molar-refractivity contribution in [2.45, 2.75) is 12.3 Å². The summed E-state index contributed by atoms with van der Waals surface area (Å²) in [7, 11) is 1.46. The zero-order valence-corrected chi connectivity index (χ0v) is 11.2. The minimum Gasteiger partial charge on any atom is -0.495 e. The molecule has 1 aromatic rings. The Morgan fingerprint density at radius 1 is 1.53 bits per heavy atom. The molecule has 0 bridgehead atoms. The van der Waals surface area contributed by atoms with E-state index in [1.165, 1.54) is 7.11 Å². The highest BCUT2D eigenvalue weighted by molar-refractivity contribution is 9.08. The van der Waals surface area contributed by atoms with E-state index in [4.69, 9.17) is 14.7 Å². The largest absolute Gasteiger partial charge is 0.495 e. The lowest BCUT2D eigenvalue weighted by Gasteiger charge is -2.12. The Balaban J connectivity index is 3.41. The molecule has 17 heavy (non-hydrogen) atoms. The zero-order valence-electron chi connectivity index (χ0n) is 9.62. The van der Waals surface area contributed by atoms with Crippen molar-refractivity contribution >= 4 is 21.9 Å². The van der Waals surface area contributed by atoms with E-state index in [1.807, 2.05) is 6.07 Å². The van der Waals surface area contributed by atoms with Gasteiger partial charge in [-0.2, -0.15) is 5.26 Å². The lowest BCUT2D eigenvalue weighted by Crippen LogP contribution is -2.10. The molecule has 0 aliphatic carbocycles. The first kappa shape index (κ1) is 13.5. The van der Waals surface area contributed by atoms with Crippen molar-refractivity contribution in [2.75, 3.05) is 13.7 Å². The number of alkyl halides is 1. The Labute approximate surface area is 108 Å². The molecule has 0 saturated carbocycles. The third kappa shape index (κ3) is 2.77. The normalized spacial score (nSPS) is 9.53. The molecule has 0 saturated heterocycles. The summed E-state index contributed by atoms with van der Waals surface area (Å²) in [6.45, 7) is 1.97. The average molecular weight is 298 g/mol. The van der Waals surface area contributed by atoms with E-state index in [0.717, 1.165) is 5.56 Å². The van der Waals surface area contributed by atoms with Gasteiger partial charge in [-0.1, -0.05) is 22.0 Å². The summed E-state index contributed by atoms with van der Waals surface area (Å²) in [6, 6.07) is 5.30. The number of carbonyl (C=O) groups is 1. The van der Waals surface area contributed by atoms with Crippen LogP contribution in [0.1, 0.15) is 28.4 Å². The van der Waals surface area contributed by atoms with Crippen molar-refractivity contribution in [3.05, 3.63) is 28.8 Å². The van der Waals surface area contributed by atoms with Crippen LogP contribution in [-0.4, -0.2) is 19.7 Å². The molecule has 0 aromatic heterocycles. The van der Waals surface area contributed by atoms with E-state index in [1.54, 1.807) is 19.1 Å². The fourth-order valence-electron chi connectivity index (χ4n) is 1.46. The first-order chi connectivity index (χ1) is 8.19. The van der Waals surface area contributed by atoms with Crippen LogP contribution in [0, 0.1) is 11.3 Å². The number of nitriles is 1. The molecule has 0 unspecified atom stereocenters. The average Bonchev–Trinajstić information content (AvgIpc) is 2.36. The van der Waals surface area contributed by atoms with E-state index < -0.39 is 5.97 Å². The number of carbonyl (C=O) groups excluding carboxylic acids is 1. The van der Waals surface area contributed by atoms with Crippen molar-refractivity contribution in [3.63, 3.8) is 0 Å². The van der Waals surface area contributed by atoms with Crippen molar-refractivity contribution < 1.29 is 14.3 Å². The van der Waals surface area contributed by atoms with Gasteiger partial charge < -0.3 is 9.47 Å². The molecule has 0 aliphatic rings. The smallest absolute Gasteiger partial charge is 0.343 e. The second kappa shape index (κ2) is 6.26. The van der Waals surface area contributed by atoms with Crippen LogP contribution in [-0.2, 0) is 10.1 Å². The number of methoxy groups -OCH3 is 1. The van der Waals surface area contributed by atoms with Gasteiger partial charge >= 0.3 is 5.97 Å². The van der Waals surface area contributed by atoms with Crippen LogP contribution in [0.3, 0.4) is 0 Å². The van der Waals surface area contributed by atoms with Crippen molar-refractivity contribution in [3.8, 4) is 11.8 Å². The zero-order chi connectivity index (χ0) is 12.8. The van der Waals surface area contributed by atoms with Crippen LogP contribution < -0.4 is 4.74 Å². The van der Waals surface area contributed by atoms with Gasteiger partial charge in [-0.3, -0.25) is 0 Å². The van der Waals surface area contributed by atoms with Gasteiger partial charge in [0.25, 0.3) is 0 Å². The molecule has 1 rings (SSSR count). The number of ether oxygens (including phenoxy) is 2. The second-order valence-corrected chi connectivity index (χ2v) is 3.71. The number of rotatable bonds is 4. The maximum atomic E-state index is 11.8. The molecule has 5 heteroatoms. The molecule has 0 atom stereocenters. The Kier molecular flexibility index (Phi) is 4.98. The molecule has 1 aromatic carbocycles. The van der Waals surface area contributed by atoms with Gasteiger partial charge in [-0.25, -0.2) is 4.79 Å². The summed E-state index contributed by atoms with van der Waals surface area (Å²) in [4.78, 5) is 11.8. The Morgan fingerprint density at radius 2 is 2.24 bits per heavy atom. The Bertz CT molecular complexity index is 466. The Morgan fingerprint density at radius 3 is 2.71 bits per heavy atom. The first-order valence-electron chi connectivity index (χ1n) is 5.02. The summed E-state index contributed by atoms with van der Waals surface area (Å²) in [5.74, 6) is -0.150. The van der Waals surface area contributed by atoms with Crippen LogP contribution in [0.4, 0.5) is 0 Å². The van der Waals surface area contributed by atoms with Crippen LogP contribution in [0.25, 0.3) is 0 Å². The molecule has 0 aliphatic heterocycles. The fourth-order valence-corrected chi connectivity index (χ4v) is 1.90. The summed E-state index contributed by atoms with van der Waals surface area (Å²) in [5.41, 5.74) is 1.24. The van der Waals surface area contributed by atoms with Crippen LogP contribution in [0.15, 0.2) is 12.1 Å². The third-order valence-electron chi connectivity index (χ3n) is 2.19. The summed E-state index contributed by atoms with van der Waals surface area (Å²) in [5, 5.41) is 9.53. The summed E-state index contributed by atoms with van der Waals surface area (Å²) >= 11 is 3.30. The first-order valence-corrected chi connectivity index (χ1v) is 6.14. The molecule has 0 spiro atoms. The van der Waals surface area contributed by atoms with E-state index >= 15 is 0 Å². The highest BCUT2D eigenvalue weighted by atomic mass is 79.9. The minimum absolute atomic E-state index is 0.189. The molecular weight excluding hydrogens is 286 g/mol. The lowest BCUT2D eigenvalue weighted by atomic mass is 10.0. The maximum absolute atomic E-state index is 11.8. The van der Waals surface area contributed by atoms with Crippen LogP contribution in [0.2, 0.25) is 0 Å². The highest BCUT2D eigenvalue weighted by Gasteiger charge is 2.21. The molecule has 0 amide bonds. The fraction of sp³-hybridized carbons (Fsp3) is 0.333. The minimum atomic E-state index is -0.538. The van der Waals surface area contributed by atoms with Gasteiger partial charge in [-0.05, 0) is 13.0 Å². The molecular formula is C12H12BrNO3. The molecule has 0 fully saturated rings. The van der Waals surface area contributed by atoms with Crippen LogP contribution in [0.5, 0.6) is 5.75 Å². The number of hydrogen-bond donors (Lipinski definition) is 0. The van der Waals surface area contributed by atoms with Crippen molar-refractivity contribution in [1.29, 1.82) is 5.26 Å². The topological polar surface area (TPSA) is 59.3 Å². The number of halogens is 1. The number of nitrogens with zero attached hydrogens (tertiary/aromatic N) is 1. The van der Waals surface area contributed by atoms with E-state index in [-0.39, 0.29) is 17.7 Å². The van der Waals surface area contributed by atoms with E-state index in [2.05, 4.69) is 15.9 Å². The molecule has 0 heterocycles. The lowest BCUT2D eigenvalue weighted by molar-refractivity contribution is 0.0522. The summed E-state index contributed by atoms with van der Waals surface area (Å²) in [6.07, 6.45) is 0. The van der Waals surface area contributed by atoms with Gasteiger partial charge in [0.05, 0.1) is 19.3 Å². The van der Waals surface area contributed by atoms with Crippen molar-refractivity contribution in [1.82, 2.24) is 0 Å². The summed E-state index contributed by atoms with van der Waals surface area (Å²) < 4.78 is 10.1. The van der Waals surface area contributed by atoms with Gasteiger partial charge in [0.1, 0.15) is 17.4 Å².